The molecule has 2 aromatic heterocycles. The van der Waals surface area contributed by atoms with Crippen LogP contribution in [0.25, 0.3) is 22.3 Å². The third kappa shape index (κ3) is 2.72. The molecule has 4 aromatic rings. The van der Waals surface area contributed by atoms with Crippen LogP contribution in [0, 0.1) is 0 Å². The van der Waals surface area contributed by atoms with Crippen molar-refractivity contribution in [3.8, 4) is 11.4 Å². The Balaban J connectivity index is 1.53. The lowest BCUT2D eigenvalue weighted by Gasteiger charge is -2.06. The van der Waals surface area contributed by atoms with E-state index in [0.29, 0.717) is 17.1 Å². The number of anilines is 1. The largest absolute Gasteiger partial charge is 0.322 e. The van der Waals surface area contributed by atoms with Crippen LogP contribution in [0.15, 0.2) is 67.1 Å². The summed E-state index contributed by atoms with van der Waals surface area (Å²) < 4.78 is 0. The molecular weight excluding hydrogens is 302 g/mol. The molecule has 6 nitrogen and oxygen atoms in total. The number of aromatic amines is 1. The summed E-state index contributed by atoms with van der Waals surface area (Å²) in [5, 5.41) is 10.6. The number of hydrogen-bond donors (Lipinski definition) is 2. The van der Waals surface area contributed by atoms with Crippen LogP contribution in [-0.2, 0) is 0 Å². The zero-order valence-electron chi connectivity index (χ0n) is 12.6. The summed E-state index contributed by atoms with van der Waals surface area (Å²) in [5.41, 5.74) is 2.93. The van der Waals surface area contributed by atoms with Crippen LogP contribution in [-0.4, -0.2) is 26.1 Å². The Kier molecular flexibility index (Phi) is 3.47. The van der Waals surface area contributed by atoms with Crippen LogP contribution in [0.2, 0.25) is 0 Å². The van der Waals surface area contributed by atoms with Gasteiger partial charge in [-0.15, -0.1) is 0 Å². The number of carbonyl (C=O) groups is 1. The highest BCUT2D eigenvalue weighted by Gasteiger charge is 2.09. The highest BCUT2D eigenvalue weighted by Crippen LogP contribution is 2.18. The summed E-state index contributed by atoms with van der Waals surface area (Å²) in [6, 6.07) is 15.2. The van der Waals surface area contributed by atoms with Crippen molar-refractivity contribution < 1.29 is 4.79 Å². The first-order valence-electron chi connectivity index (χ1n) is 7.41. The van der Waals surface area contributed by atoms with Crippen molar-refractivity contribution in [2.45, 2.75) is 0 Å². The van der Waals surface area contributed by atoms with Crippen LogP contribution in [0.3, 0.4) is 0 Å². The van der Waals surface area contributed by atoms with E-state index < -0.39 is 0 Å². The Morgan fingerprint density at radius 1 is 0.958 bits per heavy atom. The Morgan fingerprint density at radius 2 is 1.75 bits per heavy atom. The fraction of sp³-hybridized carbons (Fsp3) is 0. The molecule has 0 saturated heterocycles. The van der Waals surface area contributed by atoms with Crippen molar-refractivity contribution in [1.82, 2.24) is 20.2 Å². The van der Waals surface area contributed by atoms with Crippen molar-refractivity contribution in [3.05, 3.63) is 72.7 Å². The van der Waals surface area contributed by atoms with E-state index >= 15 is 0 Å². The Bertz CT molecular complexity index is 993. The molecule has 0 atom stereocenters. The molecule has 0 aliphatic carbocycles. The van der Waals surface area contributed by atoms with E-state index in [1.165, 1.54) is 12.4 Å². The van der Waals surface area contributed by atoms with Gasteiger partial charge in [0.1, 0.15) is 0 Å². The summed E-state index contributed by atoms with van der Waals surface area (Å²) in [7, 11) is 0. The van der Waals surface area contributed by atoms with E-state index in [9.17, 15) is 4.79 Å². The smallest absolute Gasteiger partial charge is 0.258 e. The maximum Gasteiger partial charge on any atom is 0.258 e. The number of carbonyl (C=O) groups excluding carboxylic acids is 1. The number of nitrogens with zero attached hydrogens (tertiary/aromatic N) is 3. The van der Waals surface area contributed by atoms with Gasteiger partial charge >= 0.3 is 0 Å². The second kappa shape index (κ2) is 5.92. The minimum Gasteiger partial charge on any atom is -0.322 e. The van der Waals surface area contributed by atoms with E-state index in [-0.39, 0.29) is 5.91 Å². The lowest BCUT2D eigenvalue weighted by Crippen LogP contribution is -2.12. The van der Waals surface area contributed by atoms with Crippen molar-refractivity contribution in [2.75, 3.05) is 5.32 Å². The Labute approximate surface area is 137 Å². The van der Waals surface area contributed by atoms with E-state index in [4.69, 9.17) is 0 Å². The lowest BCUT2D eigenvalue weighted by atomic mass is 10.2. The minimum absolute atomic E-state index is 0.252. The number of nitrogens with one attached hydrogen (secondary N) is 2. The number of fused-ring (bicyclic) bond motifs is 1. The molecule has 4 rings (SSSR count). The van der Waals surface area contributed by atoms with E-state index in [2.05, 4.69) is 25.5 Å². The molecule has 0 radical (unpaired) electrons. The molecule has 0 aliphatic heterocycles. The normalized spacial score (nSPS) is 10.7. The molecule has 0 spiro atoms. The molecule has 0 unspecified atom stereocenters. The van der Waals surface area contributed by atoms with Crippen LogP contribution >= 0.6 is 0 Å². The fourth-order valence-corrected chi connectivity index (χ4v) is 2.41. The van der Waals surface area contributed by atoms with Gasteiger partial charge in [0.15, 0.2) is 5.82 Å². The summed E-state index contributed by atoms with van der Waals surface area (Å²) >= 11 is 0. The maximum atomic E-state index is 12.3. The minimum atomic E-state index is -0.252. The van der Waals surface area contributed by atoms with Gasteiger partial charge in [0.25, 0.3) is 5.91 Å². The third-order valence-corrected chi connectivity index (χ3v) is 3.64. The summed E-state index contributed by atoms with van der Waals surface area (Å²) in [6.07, 6.45) is 4.77. The maximum absolute atomic E-state index is 12.3. The number of H-pyrrole nitrogens is 1. The fourth-order valence-electron chi connectivity index (χ4n) is 2.41. The molecular formula is C18H13N5O. The first-order chi connectivity index (χ1) is 11.8. The summed E-state index contributed by atoms with van der Waals surface area (Å²) in [4.78, 5) is 20.9. The molecule has 2 aromatic carbocycles. The van der Waals surface area contributed by atoms with Gasteiger partial charge in [0, 0.05) is 29.0 Å². The topological polar surface area (TPSA) is 83.6 Å². The predicted octanol–water partition coefficient (Wildman–Crippen LogP) is 3.27. The number of aromatic nitrogens is 4. The van der Waals surface area contributed by atoms with Gasteiger partial charge in [-0.05, 0) is 18.2 Å². The highest BCUT2D eigenvalue weighted by atomic mass is 16.1. The summed E-state index contributed by atoms with van der Waals surface area (Å²) in [5.74, 6) is 0.337. The zero-order chi connectivity index (χ0) is 16.4. The number of hydrogen-bond acceptors (Lipinski definition) is 4. The average molecular weight is 315 g/mol. The first-order valence-corrected chi connectivity index (χ1v) is 7.41. The second-order valence-electron chi connectivity index (χ2n) is 5.29. The standard InChI is InChI=1S/C18H13N5O/c24-18(22-15-6-7-16-13(8-15)11-21-23-16)14-9-19-17(20-10-14)12-4-2-1-3-5-12/h1-11H,(H,21,23)(H,22,24). The van der Waals surface area contributed by atoms with Gasteiger partial charge in [-0.3, -0.25) is 9.89 Å². The zero-order valence-corrected chi connectivity index (χ0v) is 12.6. The van der Waals surface area contributed by atoms with Crippen LogP contribution in [0.5, 0.6) is 0 Å². The van der Waals surface area contributed by atoms with Crippen molar-refractivity contribution in [2.24, 2.45) is 0 Å². The first kappa shape index (κ1) is 14.1. The molecule has 0 aliphatic rings. The molecule has 0 bridgehead atoms. The van der Waals surface area contributed by atoms with E-state index in [0.717, 1.165) is 16.5 Å². The molecule has 1 amide bonds. The molecule has 24 heavy (non-hydrogen) atoms. The molecule has 6 heteroatoms. The average Bonchev–Trinajstić information content (AvgIpc) is 3.10. The Hall–Kier alpha value is -3.54. The van der Waals surface area contributed by atoms with Crippen molar-refractivity contribution in [3.63, 3.8) is 0 Å². The molecule has 2 N–H and O–H groups in total. The van der Waals surface area contributed by atoms with Gasteiger partial charge in [-0.1, -0.05) is 30.3 Å². The monoisotopic (exact) mass is 315 g/mol. The van der Waals surface area contributed by atoms with Crippen LogP contribution < -0.4 is 5.32 Å². The van der Waals surface area contributed by atoms with Gasteiger partial charge < -0.3 is 5.32 Å². The molecule has 116 valence electrons. The third-order valence-electron chi connectivity index (χ3n) is 3.64. The number of amides is 1. The van der Waals surface area contributed by atoms with E-state index in [1.54, 1.807) is 6.20 Å². The van der Waals surface area contributed by atoms with E-state index in [1.807, 2.05) is 48.5 Å². The molecule has 0 saturated carbocycles. The van der Waals surface area contributed by atoms with Crippen molar-refractivity contribution >= 4 is 22.5 Å². The van der Waals surface area contributed by atoms with Crippen LogP contribution in [0.1, 0.15) is 10.4 Å². The summed E-state index contributed by atoms with van der Waals surface area (Å²) in [6.45, 7) is 0. The molecule has 0 fully saturated rings. The quantitative estimate of drug-likeness (QED) is 0.608. The van der Waals surface area contributed by atoms with Crippen molar-refractivity contribution in [1.29, 1.82) is 0 Å². The highest BCUT2D eigenvalue weighted by molar-refractivity contribution is 6.04. The van der Waals surface area contributed by atoms with Gasteiger partial charge in [-0.25, -0.2) is 9.97 Å². The van der Waals surface area contributed by atoms with Gasteiger partial charge in [0.05, 0.1) is 17.3 Å². The predicted molar refractivity (Wildman–Crippen MR) is 91.5 cm³/mol. The Morgan fingerprint density at radius 3 is 2.54 bits per heavy atom. The molecule has 2 heterocycles. The van der Waals surface area contributed by atoms with Crippen LogP contribution in [0.4, 0.5) is 5.69 Å². The number of rotatable bonds is 3. The van der Waals surface area contributed by atoms with Gasteiger partial charge in [-0.2, -0.15) is 5.10 Å². The second-order valence-corrected chi connectivity index (χ2v) is 5.29. The SMILES string of the molecule is O=C(Nc1ccc2[nH]ncc2c1)c1cnc(-c2ccccc2)nc1. The number of benzene rings is 2. The van der Waals surface area contributed by atoms with Gasteiger partial charge in [0.2, 0.25) is 0 Å². The lowest BCUT2D eigenvalue weighted by molar-refractivity contribution is 0.102.